The van der Waals surface area contributed by atoms with E-state index >= 15 is 0 Å². The second-order valence-corrected chi connectivity index (χ2v) is 10.7. The number of rotatable bonds is 5. The number of pyridine rings is 1. The van der Waals surface area contributed by atoms with Crippen molar-refractivity contribution < 1.29 is 0 Å². The zero-order valence-corrected chi connectivity index (χ0v) is 23.6. The Labute approximate surface area is 246 Å². The normalized spacial score (nSPS) is 11.1. The molecule has 7 aromatic rings. The van der Waals surface area contributed by atoms with Gasteiger partial charge < -0.3 is 0 Å². The average Bonchev–Trinajstić information content (AvgIpc) is 3.04. The highest BCUT2D eigenvalue weighted by Gasteiger charge is 2.13. The van der Waals surface area contributed by atoms with E-state index in [1.54, 1.807) is 0 Å². The molecule has 0 unspecified atom stereocenters. The Hall–Kier alpha value is -5.41. The van der Waals surface area contributed by atoms with Crippen LogP contribution < -0.4 is 0 Å². The third-order valence-corrected chi connectivity index (χ3v) is 7.62. The molecular weight excluding hydrogens is 510 g/mol. The number of para-hydroxylation sites is 1. The standard InChI is InChI=1S/C39H29N3/c1-26-22-27(2)24-32(23-26)34-13-7-6-12-33(34)28-16-18-29(19-17-28)36-21-20-31(25-40-36)39-41-37-15-9-8-14-35(37)38(42-39)30-10-4-3-5-11-30/h3-25H,1-2H3. The molecule has 0 aliphatic carbocycles. The molecule has 0 N–H and O–H groups in total. The lowest BCUT2D eigenvalue weighted by Crippen LogP contribution is -1.96. The van der Waals surface area contributed by atoms with Crippen LogP contribution in [0.2, 0.25) is 0 Å². The van der Waals surface area contributed by atoms with Crippen LogP contribution in [0.25, 0.3) is 67.1 Å². The van der Waals surface area contributed by atoms with Crippen LogP contribution in [0.15, 0.2) is 140 Å². The van der Waals surface area contributed by atoms with Crippen LogP contribution in [0.4, 0.5) is 0 Å². The minimum absolute atomic E-state index is 0.671. The molecule has 3 heteroatoms. The fourth-order valence-electron chi connectivity index (χ4n) is 5.66. The summed E-state index contributed by atoms with van der Waals surface area (Å²) in [6, 6.07) is 46.5. The van der Waals surface area contributed by atoms with Gasteiger partial charge in [-0.25, -0.2) is 9.97 Å². The van der Waals surface area contributed by atoms with Crippen molar-refractivity contribution >= 4 is 10.9 Å². The van der Waals surface area contributed by atoms with Crippen molar-refractivity contribution in [1.82, 2.24) is 15.0 Å². The minimum atomic E-state index is 0.671. The molecule has 0 aliphatic rings. The van der Waals surface area contributed by atoms with Crippen molar-refractivity contribution in [1.29, 1.82) is 0 Å². The highest BCUT2D eigenvalue weighted by atomic mass is 14.9. The van der Waals surface area contributed by atoms with Gasteiger partial charge in [-0.05, 0) is 54.3 Å². The Bertz CT molecular complexity index is 2010. The number of hydrogen-bond donors (Lipinski definition) is 0. The average molecular weight is 540 g/mol. The van der Waals surface area contributed by atoms with E-state index in [2.05, 4.69) is 111 Å². The van der Waals surface area contributed by atoms with Gasteiger partial charge in [-0.15, -0.1) is 0 Å². The quantitative estimate of drug-likeness (QED) is 0.218. The maximum Gasteiger partial charge on any atom is 0.161 e. The summed E-state index contributed by atoms with van der Waals surface area (Å²) in [6.45, 7) is 4.31. The SMILES string of the molecule is Cc1cc(C)cc(-c2ccccc2-c2ccc(-c3ccc(-c4nc(-c5ccccc5)c5ccccc5n4)cn3)cc2)c1. The van der Waals surface area contributed by atoms with Gasteiger partial charge in [0.15, 0.2) is 5.82 Å². The molecule has 0 spiro atoms. The first kappa shape index (κ1) is 25.6. The first-order chi connectivity index (χ1) is 20.6. The first-order valence-corrected chi connectivity index (χ1v) is 14.2. The maximum absolute atomic E-state index is 4.98. The molecule has 0 bridgehead atoms. The highest BCUT2D eigenvalue weighted by Crippen LogP contribution is 2.34. The topological polar surface area (TPSA) is 38.7 Å². The van der Waals surface area contributed by atoms with E-state index < -0.39 is 0 Å². The van der Waals surface area contributed by atoms with E-state index in [9.17, 15) is 0 Å². The number of fused-ring (bicyclic) bond motifs is 1. The van der Waals surface area contributed by atoms with E-state index in [1.807, 2.05) is 42.6 Å². The van der Waals surface area contributed by atoms with Crippen LogP contribution in [0.5, 0.6) is 0 Å². The van der Waals surface area contributed by atoms with Gasteiger partial charge in [-0.3, -0.25) is 4.98 Å². The van der Waals surface area contributed by atoms with Crippen molar-refractivity contribution in [3.8, 4) is 56.2 Å². The second-order valence-electron chi connectivity index (χ2n) is 10.7. The van der Waals surface area contributed by atoms with Crippen LogP contribution in [-0.4, -0.2) is 15.0 Å². The molecule has 5 aromatic carbocycles. The summed E-state index contributed by atoms with van der Waals surface area (Å²) in [4.78, 5) is 14.7. The molecule has 0 saturated carbocycles. The van der Waals surface area contributed by atoms with Gasteiger partial charge in [-0.2, -0.15) is 0 Å². The molecule has 2 aromatic heterocycles. The van der Waals surface area contributed by atoms with Crippen molar-refractivity contribution in [2.24, 2.45) is 0 Å². The number of nitrogens with zero attached hydrogens (tertiary/aromatic N) is 3. The molecule has 7 rings (SSSR count). The molecular formula is C39H29N3. The smallest absolute Gasteiger partial charge is 0.161 e. The van der Waals surface area contributed by atoms with Crippen LogP contribution in [0, 0.1) is 13.8 Å². The zero-order chi connectivity index (χ0) is 28.5. The molecule has 42 heavy (non-hydrogen) atoms. The van der Waals surface area contributed by atoms with Crippen molar-refractivity contribution in [2.45, 2.75) is 13.8 Å². The van der Waals surface area contributed by atoms with Crippen LogP contribution in [0.3, 0.4) is 0 Å². The van der Waals surface area contributed by atoms with Gasteiger partial charge in [0.05, 0.1) is 16.9 Å². The lowest BCUT2D eigenvalue weighted by atomic mass is 9.92. The fraction of sp³-hybridized carbons (Fsp3) is 0.0513. The highest BCUT2D eigenvalue weighted by molar-refractivity contribution is 5.93. The summed E-state index contributed by atoms with van der Waals surface area (Å²) in [5, 5.41) is 1.04. The number of aryl methyl sites for hydroxylation is 2. The van der Waals surface area contributed by atoms with Crippen molar-refractivity contribution in [2.75, 3.05) is 0 Å². The molecule has 0 saturated heterocycles. The van der Waals surface area contributed by atoms with E-state index in [0.29, 0.717) is 5.82 Å². The molecule has 0 fully saturated rings. The van der Waals surface area contributed by atoms with Gasteiger partial charge in [0.1, 0.15) is 0 Å². The summed E-state index contributed by atoms with van der Waals surface area (Å²) in [5.41, 5.74) is 13.2. The molecule has 0 radical (unpaired) electrons. The Morgan fingerprint density at radius 2 is 1.07 bits per heavy atom. The summed E-state index contributed by atoms with van der Waals surface area (Å²) in [6.07, 6.45) is 1.87. The number of benzene rings is 5. The van der Waals surface area contributed by atoms with Gasteiger partial charge in [0.2, 0.25) is 0 Å². The third kappa shape index (κ3) is 4.97. The molecule has 2 heterocycles. The summed E-state index contributed by atoms with van der Waals surface area (Å²) >= 11 is 0. The predicted molar refractivity (Wildman–Crippen MR) is 174 cm³/mol. The van der Waals surface area contributed by atoms with E-state index in [0.717, 1.165) is 39.0 Å². The van der Waals surface area contributed by atoms with Gasteiger partial charge in [0, 0.05) is 28.3 Å². The van der Waals surface area contributed by atoms with Gasteiger partial charge in [-0.1, -0.05) is 126 Å². The first-order valence-electron chi connectivity index (χ1n) is 14.2. The Balaban J connectivity index is 1.20. The van der Waals surface area contributed by atoms with Crippen LogP contribution in [-0.2, 0) is 0 Å². The number of aromatic nitrogens is 3. The van der Waals surface area contributed by atoms with Crippen LogP contribution in [0.1, 0.15) is 11.1 Å². The van der Waals surface area contributed by atoms with E-state index in [-0.39, 0.29) is 0 Å². The molecule has 200 valence electrons. The molecule has 0 amide bonds. The van der Waals surface area contributed by atoms with E-state index in [1.165, 1.54) is 33.4 Å². The third-order valence-electron chi connectivity index (χ3n) is 7.62. The summed E-state index contributed by atoms with van der Waals surface area (Å²) in [7, 11) is 0. The fourth-order valence-corrected chi connectivity index (χ4v) is 5.66. The minimum Gasteiger partial charge on any atom is -0.255 e. The summed E-state index contributed by atoms with van der Waals surface area (Å²) in [5.74, 6) is 0.671. The Morgan fingerprint density at radius 1 is 0.452 bits per heavy atom. The largest absolute Gasteiger partial charge is 0.255 e. The maximum atomic E-state index is 4.98. The second kappa shape index (κ2) is 10.9. The molecule has 0 atom stereocenters. The van der Waals surface area contributed by atoms with Crippen molar-refractivity contribution in [3.63, 3.8) is 0 Å². The monoisotopic (exact) mass is 539 g/mol. The number of hydrogen-bond acceptors (Lipinski definition) is 3. The lowest BCUT2D eigenvalue weighted by Gasteiger charge is -2.12. The Morgan fingerprint density at radius 3 is 1.79 bits per heavy atom. The van der Waals surface area contributed by atoms with Crippen molar-refractivity contribution in [3.05, 3.63) is 151 Å². The van der Waals surface area contributed by atoms with E-state index in [4.69, 9.17) is 15.0 Å². The van der Waals surface area contributed by atoms with Crippen LogP contribution >= 0.6 is 0 Å². The Kier molecular flexibility index (Phi) is 6.61. The zero-order valence-electron chi connectivity index (χ0n) is 23.6. The summed E-state index contributed by atoms with van der Waals surface area (Å²) < 4.78 is 0. The molecule has 0 aliphatic heterocycles. The predicted octanol–water partition coefficient (Wildman–Crippen LogP) is 9.98. The van der Waals surface area contributed by atoms with Gasteiger partial charge in [0.25, 0.3) is 0 Å². The lowest BCUT2D eigenvalue weighted by molar-refractivity contribution is 1.21. The molecule has 3 nitrogen and oxygen atoms in total. The van der Waals surface area contributed by atoms with Gasteiger partial charge >= 0.3 is 0 Å².